The van der Waals surface area contributed by atoms with E-state index in [1.54, 1.807) is 31.4 Å². The molecule has 2 amide bonds. The van der Waals surface area contributed by atoms with E-state index in [0.29, 0.717) is 30.2 Å². The molecule has 7 heteroatoms. The number of nitrogens with zero attached hydrogens (tertiary/aromatic N) is 3. The van der Waals surface area contributed by atoms with Gasteiger partial charge in [0, 0.05) is 31.6 Å². The van der Waals surface area contributed by atoms with E-state index >= 15 is 0 Å². The third kappa shape index (κ3) is 4.93. The largest absolute Gasteiger partial charge is 0.497 e. The van der Waals surface area contributed by atoms with Crippen molar-refractivity contribution < 1.29 is 14.3 Å². The van der Waals surface area contributed by atoms with Crippen LogP contribution in [0.1, 0.15) is 35.9 Å². The van der Waals surface area contributed by atoms with Crippen LogP contribution in [0, 0.1) is 5.92 Å². The number of benzene rings is 2. The maximum atomic E-state index is 13.0. The molecule has 2 heterocycles. The van der Waals surface area contributed by atoms with Crippen molar-refractivity contribution in [2.24, 2.45) is 5.92 Å². The molecule has 1 aromatic heterocycles. The predicted molar refractivity (Wildman–Crippen MR) is 124 cm³/mol. The normalized spacial score (nSPS) is 14.5. The van der Waals surface area contributed by atoms with E-state index < -0.39 is 0 Å². The summed E-state index contributed by atoms with van der Waals surface area (Å²) in [7, 11) is 1.59. The topological polar surface area (TPSA) is 76.5 Å². The fraction of sp³-hybridized carbons (Fsp3) is 0.400. The number of rotatable bonds is 7. The third-order valence-electron chi connectivity index (χ3n) is 6.15. The van der Waals surface area contributed by atoms with Gasteiger partial charge < -0.3 is 19.5 Å². The van der Waals surface area contributed by atoms with Crippen LogP contribution in [0.2, 0.25) is 0 Å². The number of aromatic nitrogens is 2. The Morgan fingerprint density at radius 2 is 1.81 bits per heavy atom. The van der Waals surface area contributed by atoms with E-state index in [9.17, 15) is 9.59 Å². The SMILES string of the molecule is COc1ccc(C(=O)NCCc2nc3ccccc3n2CC(=O)N2CCC(C)CC2)cc1. The number of piperidine rings is 1. The molecule has 1 fully saturated rings. The highest BCUT2D eigenvalue weighted by molar-refractivity contribution is 5.94. The first-order valence-electron chi connectivity index (χ1n) is 11.2. The van der Waals surface area contributed by atoms with E-state index in [4.69, 9.17) is 9.72 Å². The molecule has 168 valence electrons. The van der Waals surface area contributed by atoms with Crippen molar-refractivity contribution in [3.8, 4) is 5.75 Å². The zero-order valence-corrected chi connectivity index (χ0v) is 18.7. The lowest BCUT2D eigenvalue weighted by Gasteiger charge is -2.30. The van der Waals surface area contributed by atoms with Crippen LogP contribution >= 0.6 is 0 Å². The van der Waals surface area contributed by atoms with E-state index in [1.165, 1.54) is 0 Å². The van der Waals surface area contributed by atoms with Crippen LogP contribution in [-0.2, 0) is 17.8 Å². The van der Waals surface area contributed by atoms with E-state index in [-0.39, 0.29) is 18.4 Å². The second-order valence-corrected chi connectivity index (χ2v) is 8.40. The molecule has 0 radical (unpaired) electrons. The van der Waals surface area contributed by atoms with Gasteiger partial charge in [0.2, 0.25) is 5.91 Å². The number of methoxy groups -OCH3 is 1. The first-order valence-corrected chi connectivity index (χ1v) is 11.2. The van der Waals surface area contributed by atoms with Gasteiger partial charge in [-0.05, 0) is 55.2 Å². The van der Waals surface area contributed by atoms with Crippen LogP contribution in [0.25, 0.3) is 11.0 Å². The van der Waals surface area contributed by atoms with Gasteiger partial charge in [-0.1, -0.05) is 19.1 Å². The van der Waals surface area contributed by atoms with Crippen molar-refractivity contribution in [2.75, 3.05) is 26.7 Å². The summed E-state index contributed by atoms with van der Waals surface area (Å²) < 4.78 is 7.13. The molecule has 4 rings (SSSR count). The number of ether oxygens (including phenoxy) is 1. The summed E-state index contributed by atoms with van der Waals surface area (Å²) in [5.41, 5.74) is 2.39. The van der Waals surface area contributed by atoms with Crippen LogP contribution < -0.4 is 10.1 Å². The lowest BCUT2D eigenvalue weighted by atomic mass is 9.99. The number of imidazole rings is 1. The molecule has 1 aliphatic heterocycles. The average Bonchev–Trinajstić information content (AvgIpc) is 3.16. The molecular formula is C25H30N4O3. The number of hydrogen-bond acceptors (Lipinski definition) is 4. The van der Waals surface area contributed by atoms with Crippen molar-refractivity contribution >= 4 is 22.8 Å². The number of carbonyl (C=O) groups is 2. The summed E-state index contributed by atoms with van der Waals surface area (Å²) in [6.07, 6.45) is 2.65. The number of fused-ring (bicyclic) bond motifs is 1. The second-order valence-electron chi connectivity index (χ2n) is 8.40. The van der Waals surface area contributed by atoms with E-state index in [1.807, 2.05) is 33.7 Å². The molecule has 7 nitrogen and oxygen atoms in total. The van der Waals surface area contributed by atoms with Gasteiger partial charge in [-0.2, -0.15) is 0 Å². The van der Waals surface area contributed by atoms with Gasteiger partial charge in [-0.3, -0.25) is 9.59 Å². The molecule has 3 aromatic rings. The highest BCUT2D eigenvalue weighted by Crippen LogP contribution is 2.20. The Kier molecular flexibility index (Phi) is 6.73. The fourth-order valence-corrected chi connectivity index (χ4v) is 4.12. The van der Waals surface area contributed by atoms with Gasteiger partial charge in [0.1, 0.15) is 18.1 Å². The van der Waals surface area contributed by atoms with Crippen LogP contribution in [0.15, 0.2) is 48.5 Å². The van der Waals surface area contributed by atoms with E-state index in [2.05, 4.69) is 12.2 Å². The summed E-state index contributed by atoms with van der Waals surface area (Å²) in [5.74, 6) is 2.18. The van der Waals surface area contributed by atoms with Gasteiger partial charge in [0.25, 0.3) is 5.91 Å². The number of hydrogen-bond donors (Lipinski definition) is 1. The molecule has 0 bridgehead atoms. The first-order chi connectivity index (χ1) is 15.5. The molecular weight excluding hydrogens is 404 g/mol. The van der Waals surface area contributed by atoms with Gasteiger partial charge in [0.05, 0.1) is 18.1 Å². The van der Waals surface area contributed by atoms with Gasteiger partial charge >= 0.3 is 0 Å². The minimum atomic E-state index is -0.145. The van der Waals surface area contributed by atoms with Crippen LogP contribution in [0.3, 0.4) is 0 Å². The minimum absolute atomic E-state index is 0.128. The van der Waals surface area contributed by atoms with E-state index in [0.717, 1.165) is 42.8 Å². The van der Waals surface area contributed by atoms with Crippen molar-refractivity contribution in [2.45, 2.75) is 32.7 Å². The first kappa shape index (κ1) is 21.9. The van der Waals surface area contributed by atoms with Gasteiger partial charge in [-0.15, -0.1) is 0 Å². The number of carbonyl (C=O) groups excluding carboxylic acids is 2. The van der Waals surface area contributed by atoms with Crippen LogP contribution in [-0.4, -0.2) is 53.0 Å². The quantitative estimate of drug-likeness (QED) is 0.619. The van der Waals surface area contributed by atoms with Crippen molar-refractivity contribution in [3.63, 3.8) is 0 Å². The summed E-state index contributed by atoms with van der Waals surface area (Å²) in [6.45, 7) is 4.59. The smallest absolute Gasteiger partial charge is 0.251 e. The molecule has 1 saturated heterocycles. The van der Waals surface area contributed by atoms with Crippen LogP contribution in [0.4, 0.5) is 0 Å². The van der Waals surface area contributed by atoms with Gasteiger partial charge in [0.15, 0.2) is 0 Å². The molecule has 0 unspecified atom stereocenters. The Morgan fingerprint density at radius 1 is 1.09 bits per heavy atom. The number of likely N-dealkylation sites (tertiary alicyclic amines) is 1. The predicted octanol–water partition coefficient (Wildman–Crippen LogP) is 3.28. The minimum Gasteiger partial charge on any atom is -0.497 e. The zero-order valence-electron chi connectivity index (χ0n) is 18.7. The average molecular weight is 435 g/mol. The molecule has 2 aromatic carbocycles. The lowest BCUT2D eigenvalue weighted by molar-refractivity contribution is -0.133. The van der Waals surface area contributed by atoms with Crippen molar-refractivity contribution in [1.29, 1.82) is 0 Å². The molecule has 1 aliphatic rings. The summed E-state index contributed by atoms with van der Waals surface area (Å²) in [4.78, 5) is 32.1. The van der Waals surface area contributed by atoms with Crippen molar-refractivity contribution in [3.05, 3.63) is 59.9 Å². The Balaban J connectivity index is 1.43. The lowest BCUT2D eigenvalue weighted by Crippen LogP contribution is -2.40. The molecule has 32 heavy (non-hydrogen) atoms. The number of nitrogens with one attached hydrogen (secondary N) is 1. The van der Waals surface area contributed by atoms with Crippen LogP contribution in [0.5, 0.6) is 5.75 Å². The Labute approximate surface area is 188 Å². The standard InChI is InChI=1S/C25H30N4O3/c1-18-12-15-28(16-13-18)24(30)17-29-22-6-4-3-5-21(22)27-23(29)11-14-26-25(31)19-7-9-20(32-2)10-8-19/h3-10,18H,11-17H2,1-2H3,(H,26,31). The molecule has 0 saturated carbocycles. The number of para-hydroxylation sites is 2. The summed E-state index contributed by atoms with van der Waals surface area (Å²) in [6, 6.07) is 14.9. The highest BCUT2D eigenvalue weighted by atomic mass is 16.5. The Hall–Kier alpha value is -3.35. The molecule has 0 aliphatic carbocycles. The highest BCUT2D eigenvalue weighted by Gasteiger charge is 2.22. The third-order valence-corrected chi connectivity index (χ3v) is 6.15. The molecule has 1 N–H and O–H groups in total. The molecule has 0 atom stereocenters. The fourth-order valence-electron chi connectivity index (χ4n) is 4.12. The summed E-state index contributed by atoms with van der Waals surface area (Å²) >= 11 is 0. The maximum Gasteiger partial charge on any atom is 0.251 e. The Morgan fingerprint density at radius 3 is 2.53 bits per heavy atom. The monoisotopic (exact) mass is 434 g/mol. The second kappa shape index (κ2) is 9.85. The summed E-state index contributed by atoms with van der Waals surface area (Å²) in [5, 5.41) is 2.95. The number of amides is 2. The van der Waals surface area contributed by atoms with Crippen molar-refractivity contribution in [1.82, 2.24) is 19.8 Å². The van der Waals surface area contributed by atoms with Gasteiger partial charge in [-0.25, -0.2) is 4.98 Å². The Bertz CT molecular complexity index is 1080. The zero-order chi connectivity index (χ0) is 22.5. The maximum absolute atomic E-state index is 13.0. The molecule has 0 spiro atoms.